The number of oxime groups is 1. The molecule has 2 heterocycles. The van der Waals surface area contributed by atoms with Crippen LogP contribution in [0.3, 0.4) is 0 Å². The first kappa shape index (κ1) is 20.1. The van der Waals surface area contributed by atoms with E-state index in [-0.39, 0.29) is 0 Å². The van der Waals surface area contributed by atoms with Crippen molar-refractivity contribution in [2.75, 3.05) is 0 Å². The predicted octanol–water partition coefficient (Wildman–Crippen LogP) is 4.61. The lowest BCUT2D eigenvalue weighted by Gasteiger charge is -2.08. The van der Waals surface area contributed by atoms with Crippen LogP contribution in [0.2, 0.25) is 0 Å². The second-order valence-corrected chi connectivity index (χ2v) is 7.06. The zero-order valence-electron chi connectivity index (χ0n) is 17.3. The largest absolute Gasteiger partial charge is 0.389 e. The maximum Gasteiger partial charge on any atom is 0.159 e. The number of nitrogens with zero attached hydrogens (tertiary/aromatic N) is 4. The van der Waals surface area contributed by atoms with Crippen LogP contribution in [0.4, 0.5) is 0 Å². The number of rotatable bonds is 6. The Hall–Kier alpha value is -4.17. The summed E-state index contributed by atoms with van der Waals surface area (Å²) in [5, 5.41) is 4.39. The Morgan fingerprint density at radius 1 is 0.935 bits per heavy atom. The van der Waals surface area contributed by atoms with Crippen molar-refractivity contribution < 1.29 is 4.84 Å². The molecule has 0 bridgehead atoms. The maximum atomic E-state index is 5.59. The van der Waals surface area contributed by atoms with Crippen LogP contribution in [0.1, 0.15) is 27.9 Å². The van der Waals surface area contributed by atoms with E-state index in [1.807, 2.05) is 65.4 Å². The fraction of sp³-hybridized carbons (Fsp3) is 0.115. The van der Waals surface area contributed by atoms with Gasteiger partial charge in [0.15, 0.2) is 6.61 Å². The number of aryl methyl sites for hydroxylation is 1. The van der Waals surface area contributed by atoms with E-state index in [1.165, 1.54) is 5.56 Å². The van der Waals surface area contributed by atoms with Crippen LogP contribution in [0, 0.1) is 18.8 Å². The Morgan fingerprint density at radius 2 is 1.68 bits per heavy atom. The summed E-state index contributed by atoms with van der Waals surface area (Å²) in [7, 11) is 0. The molecule has 0 N–H and O–H groups in total. The molecule has 0 aliphatic rings. The van der Waals surface area contributed by atoms with Crippen molar-refractivity contribution >= 4 is 5.71 Å². The van der Waals surface area contributed by atoms with Crippen molar-refractivity contribution in [3.63, 3.8) is 0 Å². The molecule has 0 radical (unpaired) electrons. The number of aromatic nitrogens is 3. The SMILES string of the molecule is Cc1ccc(C#Cc2ccc(/C(Cn3ccnc3)=N/OCc3ccccn3)cc2)cc1. The van der Waals surface area contributed by atoms with E-state index >= 15 is 0 Å². The van der Waals surface area contributed by atoms with E-state index < -0.39 is 0 Å². The Labute approximate surface area is 182 Å². The van der Waals surface area contributed by atoms with Crippen LogP contribution >= 0.6 is 0 Å². The molecule has 152 valence electrons. The van der Waals surface area contributed by atoms with Crippen LogP contribution < -0.4 is 0 Å². The van der Waals surface area contributed by atoms with Crippen LogP contribution in [0.25, 0.3) is 0 Å². The molecular weight excluding hydrogens is 384 g/mol. The van der Waals surface area contributed by atoms with Gasteiger partial charge in [-0.2, -0.15) is 0 Å². The highest BCUT2D eigenvalue weighted by Gasteiger charge is 2.07. The van der Waals surface area contributed by atoms with E-state index in [4.69, 9.17) is 4.84 Å². The van der Waals surface area contributed by atoms with Gasteiger partial charge in [-0.15, -0.1) is 0 Å². The molecule has 2 aromatic heterocycles. The van der Waals surface area contributed by atoms with Crippen molar-refractivity contribution in [3.8, 4) is 11.8 Å². The van der Waals surface area contributed by atoms with Gasteiger partial charge < -0.3 is 9.40 Å². The second kappa shape index (κ2) is 10.0. The van der Waals surface area contributed by atoms with Gasteiger partial charge in [0, 0.05) is 35.3 Å². The van der Waals surface area contributed by atoms with Gasteiger partial charge in [-0.1, -0.05) is 52.9 Å². The molecule has 5 nitrogen and oxygen atoms in total. The van der Waals surface area contributed by atoms with Crippen LogP contribution in [-0.4, -0.2) is 20.2 Å². The fourth-order valence-corrected chi connectivity index (χ4v) is 2.91. The summed E-state index contributed by atoms with van der Waals surface area (Å²) >= 11 is 0. The lowest BCUT2D eigenvalue weighted by Crippen LogP contribution is -2.11. The molecule has 4 rings (SSSR count). The lowest BCUT2D eigenvalue weighted by molar-refractivity contribution is 0.127. The highest BCUT2D eigenvalue weighted by Crippen LogP contribution is 2.09. The van der Waals surface area contributed by atoms with E-state index in [0.29, 0.717) is 13.2 Å². The zero-order chi connectivity index (χ0) is 21.3. The third-order valence-corrected chi connectivity index (χ3v) is 4.63. The fourth-order valence-electron chi connectivity index (χ4n) is 2.91. The Kier molecular flexibility index (Phi) is 6.51. The first-order chi connectivity index (χ1) is 15.3. The molecule has 0 saturated carbocycles. The minimum absolute atomic E-state index is 0.314. The standard InChI is InChI=1S/C26H22N4O/c1-21-5-7-22(8-6-21)9-10-23-11-13-24(14-12-23)26(18-30-17-16-27-20-30)29-31-19-25-4-2-3-15-28-25/h2-8,11-17,20H,18-19H2,1H3/b29-26+. The summed E-state index contributed by atoms with van der Waals surface area (Å²) < 4.78 is 1.95. The first-order valence-electron chi connectivity index (χ1n) is 10.00. The molecule has 0 spiro atoms. The van der Waals surface area contributed by atoms with E-state index in [0.717, 1.165) is 28.1 Å². The van der Waals surface area contributed by atoms with Crippen molar-refractivity contribution in [2.45, 2.75) is 20.1 Å². The van der Waals surface area contributed by atoms with Crippen LogP contribution in [0.5, 0.6) is 0 Å². The molecule has 0 aliphatic heterocycles. The van der Waals surface area contributed by atoms with Gasteiger partial charge in [0.2, 0.25) is 0 Å². The molecule has 2 aromatic carbocycles. The average molecular weight is 406 g/mol. The molecular formula is C26H22N4O. The van der Waals surface area contributed by atoms with Gasteiger partial charge in [-0.05, 0) is 43.3 Å². The summed E-state index contributed by atoms with van der Waals surface area (Å²) in [4.78, 5) is 14.0. The summed E-state index contributed by atoms with van der Waals surface area (Å²) in [5.74, 6) is 6.41. The molecule has 0 saturated heterocycles. The zero-order valence-corrected chi connectivity index (χ0v) is 17.3. The molecule has 0 atom stereocenters. The van der Waals surface area contributed by atoms with Gasteiger partial charge in [0.05, 0.1) is 18.6 Å². The average Bonchev–Trinajstić information content (AvgIpc) is 3.32. The minimum atomic E-state index is 0.314. The second-order valence-electron chi connectivity index (χ2n) is 7.06. The monoisotopic (exact) mass is 406 g/mol. The quantitative estimate of drug-likeness (QED) is 0.267. The van der Waals surface area contributed by atoms with Gasteiger partial charge in [-0.3, -0.25) is 4.98 Å². The van der Waals surface area contributed by atoms with Gasteiger partial charge in [-0.25, -0.2) is 4.98 Å². The third kappa shape index (κ3) is 5.91. The molecule has 31 heavy (non-hydrogen) atoms. The minimum Gasteiger partial charge on any atom is -0.389 e. The Balaban J connectivity index is 1.50. The van der Waals surface area contributed by atoms with Gasteiger partial charge >= 0.3 is 0 Å². The molecule has 0 fully saturated rings. The number of hydrogen-bond donors (Lipinski definition) is 0. The van der Waals surface area contributed by atoms with Crippen molar-refractivity contribution in [1.29, 1.82) is 0 Å². The van der Waals surface area contributed by atoms with Crippen molar-refractivity contribution in [1.82, 2.24) is 14.5 Å². The highest BCUT2D eigenvalue weighted by atomic mass is 16.6. The van der Waals surface area contributed by atoms with E-state index in [2.05, 4.69) is 46.0 Å². The smallest absolute Gasteiger partial charge is 0.159 e. The molecule has 0 unspecified atom stereocenters. The molecule has 5 heteroatoms. The highest BCUT2D eigenvalue weighted by molar-refractivity contribution is 6.00. The Bertz CT molecular complexity index is 1180. The number of imidazole rings is 1. The normalized spacial score (nSPS) is 10.9. The van der Waals surface area contributed by atoms with Crippen molar-refractivity contribution in [3.05, 3.63) is 120 Å². The summed E-state index contributed by atoms with van der Waals surface area (Å²) in [6.45, 7) is 2.93. The van der Waals surface area contributed by atoms with Gasteiger partial charge in [0.1, 0.15) is 5.71 Å². The number of pyridine rings is 1. The third-order valence-electron chi connectivity index (χ3n) is 4.63. The van der Waals surface area contributed by atoms with Gasteiger partial charge in [0.25, 0.3) is 0 Å². The van der Waals surface area contributed by atoms with Crippen molar-refractivity contribution in [2.24, 2.45) is 5.16 Å². The van der Waals surface area contributed by atoms with Crippen LogP contribution in [-0.2, 0) is 18.0 Å². The van der Waals surface area contributed by atoms with E-state index in [9.17, 15) is 0 Å². The summed E-state index contributed by atoms with van der Waals surface area (Å²) in [6.07, 6.45) is 7.15. The topological polar surface area (TPSA) is 52.3 Å². The predicted molar refractivity (Wildman–Crippen MR) is 121 cm³/mol. The molecule has 0 amide bonds. The lowest BCUT2D eigenvalue weighted by atomic mass is 10.1. The van der Waals surface area contributed by atoms with E-state index in [1.54, 1.807) is 18.7 Å². The maximum absolute atomic E-state index is 5.59. The van der Waals surface area contributed by atoms with Crippen LogP contribution in [0.15, 0.2) is 96.8 Å². The Morgan fingerprint density at radius 3 is 2.32 bits per heavy atom. The molecule has 0 aliphatic carbocycles. The number of hydrogen-bond acceptors (Lipinski definition) is 4. The summed E-state index contributed by atoms with van der Waals surface area (Å²) in [5.41, 5.74) is 5.77. The number of benzene rings is 2. The molecule has 4 aromatic rings. The first-order valence-corrected chi connectivity index (χ1v) is 10.00. The summed E-state index contributed by atoms with van der Waals surface area (Å²) in [6, 6.07) is 21.9.